The molecule has 2 amide bonds. The van der Waals surface area contributed by atoms with Crippen LogP contribution in [0, 0.1) is 5.92 Å². The Morgan fingerprint density at radius 1 is 1.30 bits per heavy atom. The Hall–Kier alpha value is -1.69. The summed E-state index contributed by atoms with van der Waals surface area (Å²) in [7, 11) is 0. The van der Waals surface area contributed by atoms with Gasteiger partial charge < -0.3 is 15.7 Å². The molecular weight excluding hydrogens is 276 g/mol. The summed E-state index contributed by atoms with van der Waals surface area (Å²) in [5, 5.41) is 14.6. The second-order valence-corrected chi connectivity index (χ2v) is 5.69. The Labute approximate surface area is 122 Å². The molecule has 0 heterocycles. The van der Waals surface area contributed by atoms with Crippen LogP contribution < -0.4 is 10.6 Å². The lowest BCUT2D eigenvalue weighted by atomic mass is 10.1. The van der Waals surface area contributed by atoms with E-state index < -0.39 is 5.97 Å². The van der Waals surface area contributed by atoms with Gasteiger partial charge in [-0.2, -0.15) is 0 Å². The fraction of sp³-hybridized carbons (Fsp3) is 0.429. The summed E-state index contributed by atoms with van der Waals surface area (Å²) in [5.74, 6) is -1.11. The molecule has 0 spiro atoms. The van der Waals surface area contributed by atoms with E-state index in [1.54, 1.807) is 11.8 Å². The van der Waals surface area contributed by atoms with Gasteiger partial charge in [-0.1, -0.05) is 12.1 Å². The molecule has 0 radical (unpaired) electrons. The molecule has 0 aromatic heterocycles. The lowest BCUT2D eigenvalue weighted by Gasteiger charge is -2.14. The summed E-state index contributed by atoms with van der Waals surface area (Å²) < 4.78 is 0. The maximum atomic E-state index is 11.9. The SMILES string of the molecule is CSc1ccccc1NC(=O)NC1CCC(C(=O)O)C1. The van der Waals surface area contributed by atoms with Crippen LogP contribution >= 0.6 is 11.8 Å². The van der Waals surface area contributed by atoms with Crippen LogP contribution in [0.15, 0.2) is 29.2 Å². The third kappa shape index (κ3) is 3.66. The van der Waals surface area contributed by atoms with E-state index in [4.69, 9.17) is 5.11 Å². The maximum Gasteiger partial charge on any atom is 0.319 e. The number of carboxylic acid groups (broad SMARTS) is 1. The number of anilines is 1. The molecule has 1 aliphatic rings. The minimum Gasteiger partial charge on any atom is -0.481 e. The smallest absolute Gasteiger partial charge is 0.319 e. The monoisotopic (exact) mass is 294 g/mol. The minimum absolute atomic E-state index is 0.0578. The molecule has 2 atom stereocenters. The number of hydrogen-bond donors (Lipinski definition) is 3. The highest BCUT2D eigenvalue weighted by Gasteiger charge is 2.30. The highest BCUT2D eigenvalue weighted by Crippen LogP contribution is 2.27. The van der Waals surface area contributed by atoms with Crippen molar-refractivity contribution in [3.05, 3.63) is 24.3 Å². The summed E-state index contributed by atoms with van der Waals surface area (Å²) in [6.07, 6.45) is 3.80. The van der Waals surface area contributed by atoms with Crippen LogP contribution in [0.5, 0.6) is 0 Å². The number of rotatable bonds is 4. The Morgan fingerprint density at radius 2 is 2.05 bits per heavy atom. The first-order valence-corrected chi connectivity index (χ1v) is 7.76. The zero-order valence-electron chi connectivity index (χ0n) is 11.3. The first-order chi connectivity index (χ1) is 9.60. The van der Waals surface area contributed by atoms with Gasteiger partial charge in [0.25, 0.3) is 0 Å². The maximum absolute atomic E-state index is 11.9. The Balaban J connectivity index is 1.89. The van der Waals surface area contributed by atoms with Crippen molar-refractivity contribution in [1.82, 2.24) is 5.32 Å². The second kappa shape index (κ2) is 6.65. The average molecular weight is 294 g/mol. The number of nitrogens with one attached hydrogen (secondary N) is 2. The van der Waals surface area contributed by atoms with Gasteiger partial charge in [0.2, 0.25) is 0 Å². The van der Waals surface area contributed by atoms with Gasteiger partial charge in [0.05, 0.1) is 11.6 Å². The van der Waals surface area contributed by atoms with Crippen molar-refractivity contribution in [3.63, 3.8) is 0 Å². The van der Waals surface area contributed by atoms with E-state index in [1.807, 2.05) is 30.5 Å². The van der Waals surface area contributed by atoms with Crippen LogP contribution in [-0.2, 0) is 4.79 Å². The highest BCUT2D eigenvalue weighted by molar-refractivity contribution is 7.98. The average Bonchev–Trinajstić information content (AvgIpc) is 2.88. The molecule has 5 nitrogen and oxygen atoms in total. The molecule has 1 aromatic carbocycles. The number of carbonyl (C=O) groups is 2. The zero-order chi connectivity index (χ0) is 14.5. The number of aliphatic carboxylic acids is 1. The van der Waals surface area contributed by atoms with Crippen molar-refractivity contribution >= 4 is 29.4 Å². The molecule has 0 bridgehead atoms. The van der Waals surface area contributed by atoms with Crippen molar-refractivity contribution in [2.45, 2.75) is 30.2 Å². The number of benzene rings is 1. The Bertz CT molecular complexity index is 507. The normalized spacial score (nSPS) is 21.4. The summed E-state index contributed by atoms with van der Waals surface area (Å²) >= 11 is 1.56. The van der Waals surface area contributed by atoms with E-state index in [1.165, 1.54) is 0 Å². The first-order valence-electron chi connectivity index (χ1n) is 6.53. The molecule has 108 valence electrons. The van der Waals surface area contributed by atoms with Crippen LogP contribution in [0.1, 0.15) is 19.3 Å². The molecule has 20 heavy (non-hydrogen) atoms. The largest absolute Gasteiger partial charge is 0.481 e. The number of para-hydroxylation sites is 1. The van der Waals surface area contributed by atoms with Crippen molar-refractivity contribution in [3.8, 4) is 0 Å². The van der Waals surface area contributed by atoms with Gasteiger partial charge in [0.15, 0.2) is 0 Å². The lowest BCUT2D eigenvalue weighted by Crippen LogP contribution is -2.36. The number of urea groups is 1. The van der Waals surface area contributed by atoms with Crippen LogP contribution in [-0.4, -0.2) is 29.4 Å². The first kappa shape index (κ1) is 14.7. The number of hydrogen-bond acceptors (Lipinski definition) is 3. The molecule has 3 N–H and O–H groups in total. The van der Waals surface area contributed by atoms with Crippen LogP contribution in [0.3, 0.4) is 0 Å². The number of carbonyl (C=O) groups excluding carboxylic acids is 1. The molecule has 6 heteroatoms. The van der Waals surface area contributed by atoms with Crippen molar-refractivity contribution in [2.75, 3.05) is 11.6 Å². The van der Waals surface area contributed by atoms with E-state index >= 15 is 0 Å². The second-order valence-electron chi connectivity index (χ2n) is 4.84. The highest BCUT2D eigenvalue weighted by atomic mass is 32.2. The molecule has 1 saturated carbocycles. The van der Waals surface area contributed by atoms with Gasteiger partial charge in [-0.05, 0) is 37.7 Å². The van der Waals surface area contributed by atoms with E-state index in [-0.39, 0.29) is 18.0 Å². The van der Waals surface area contributed by atoms with Crippen molar-refractivity contribution < 1.29 is 14.7 Å². The zero-order valence-corrected chi connectivity index (χ0v) is 12.1. The third-order valence-corrected chi connectivity index (χ3v) is 4.27. The van der Waals surface area contributed by atoms with E-state index in [9.17, 15) is 9.59 Å². The number of amides is 2. The molecule has 2 unspecified atom stereocenters. The predicted molar refractivity (Wildman–Crippen MR) is 79.1 cm³/mol. The Kier molecular flexibility index (Phi) is 4.89. The van der Waals surface area contributed by atoms with Crippen molar-refractivity contribution in [1.29, 1.82) is 0 Å². The summed E-state index contributed by atoms with van der Waals surface area (Å²) in [4.78, 5) is 23.8. The summed E-state index contributed by atoms with van der Waals surface area (Å²) in [6.45, 7) is 0. The minimum atomic E-state index is -0.776. The van der Waals surface area contributed by atoms with Gasteiger partial charge in [-0.25, -0.2) is 4.79 Å². The fourth-order valence-electron chi connectivity index (χ4n) is 2.43. The van der Waals surface area contributed by atoms with E-state index in [2.05, 4.69) is 10.6 Å². The summed E-state index contributed by atoms with van der Waals surface area (Å²) in [5.41, 5.74) is 0.769. The van der Waals surface area contributed by atoms with Crippen LogP contribution in [0.4, 0.5) is 10.5 Å². The van der Waals surface area contributed by atoms with Gasteiger partial charge in [-0.3, -0.25) is 4.79 Å². The lowest BCUT2D eigenvalue weighted by molar-refractivity contribution is -0.141. The van der Waals surface area contributed by atoms with Gasteiger partial charge in [-0.15, -0.1) is 11.8 Å². The molecule has 1 fully saturated rings. The van der Waals surface area contributed by atoms with E-state index in [0.717, 1.165) is 10.6 Å². The quantitative estimate of drug-likeness (QED) is 0.746. The van der Waals surface area contributed by atoms with Crippen LogP contribution in [0.2, 0.25) is 0 Å². The van der Waals surface area contributed by atoms with E-state index in [0.29, 0.717) is 19.3 Å². The molecule has 0 aliphatic heterocycles. The molecule has 0 saturated heterocycles. The van der Waals surface area contributed by atoms with Crippen molar-refractivity contribution in [2.24, 2.45) is 5.92 Å². The predicted octanol–water partition coefficient (Wildman–Crippen LogP) is 2.78. The number of carboxylic acids is 1. The van der Waals surface area contributed by atoms with Crippen LogP contribution in [0.25, 0.3) is 0 Å². The standard InChI is InChI=1S/C14H18N2O3S/c1-20-12-5-3-2-4-11(12)16-14(19)15-10-7-6-9(8-10)13(17)18/h2-5,9-10H,6-8H2,1H3,(H,17,18)(H2,15,16,19). The molecule has 2 rings (SSSR count). The van der Waals surface area contributed by atoms with Gasteiger partial charge >= 0.3 is 12.0 Å². The fourth-order valence-corrected chi connectivity index (χ4v) is 2.98. The van der Waals surface area contributed by atoms with Gasteiger partial charge in [0.1, 0.15) is 0 Å². The molecular formula is C14H18N2O3S. The third-order valence-electron chi connectivity index (χ3n) is 3.47. The molecule has 1 aliphatic carbocycles. The summed E-state index contributed by atoms with van der Waals surface area (Å²) in [6, 6.07) is 7.24. The molecule has 1 aromatic rings. The Morgan fingerprint density at radius 3 is 2.70 bits per heavy atom. The number of thioether (sulfide) groups is 1. The van der Waals surface area contributed by atoms with Gasteiger partial charge in [0, 0.05) is 10.9 Å². The topological polar surface area (TPSA) is 78.4 Å².